The maximum Gasteiger partial charge on any atom is 0.246 e. The van der Waals surface area contributed by atoms with Gasteiger partial charge in [-0.25, -0.2) is 0 Å². The van der Waals surface area contributed by atoms with E-state index in [0.717, 1.165) is 37.0 Å². The Labute approximate surface area is 180 Å². The van der Waals surface area contributed by atoms with E-state index in [2.05, 4.69) is 10.1 Å². The number of methoxy groups -OCH3 is 1. The zero-order valence-corrected chi connectivity index (χ0v) is 17.7. The van der Waals surface area contributed by atoms with Crippen molar-refractivity contribution in [3.63, 3.8) is 0 Å². The van der Waals surface area contributed by atoms with Gasteiger partial charge in [0.05, 0.1) is 25.5 Å². The highest BCUT2D eigenvalue weighted by molar-refractivity contribution is 6.05. The molecule has 1 aromatic carbocycles. The van der Waals surface area contributed by atoms with Gasteiger partial charge in [-0.15, -0.1) is 0 Å². The van der Waals surface area contributed by atoms with Crippen molar-refractivity contribution >= 4 is 17.7 Å². The van der Waals surface area contributed by atoms with Crippen molar-refractivity contribution in [2.45, 2.75) is 38.6 Å². The summed E-state index contributed by atoms with van der Waals surface area (Å²) in [5.74, 6) is 0.646. The van der Waals surface area contributed by atoms with Crippen LogP contribution in [0.1, 0.15) is 38.0 Å². The Bertz CT molecular complexity index is 947. The Balaban J connectivity index is 1.31. The molecule has 2 heterocycles. The van der Waals surface area contributed by atoms with Gasteiger partial charge in [0.25, 0.3) is 0 Å². The first-order valence-electron chi connectivity index (χ1n) is 10.5. The molecule has 1 saturated carbocycles. The number of hydrogen-bond donors (Lipinski definition) is 0. The number of rotatable bonds is 7. The average Bonchev–Trinajstić information content (AvgIpc) is 3.35. The third-order valence-electron chi connectivity index (χ3n) is 6.10. The number of aromatic nitrogens is 2. The highest BCUT2D eigenvalue weighted by atomic mass is 16.5. The molecule has 31 heavy (non-hydrogen) atoms. The Morgan fingerprint density at radius 3 is 2.42 bits per heavy atom. The first kappa shape index (κ1) is 21.0. The molecule has 1 aliphatic carbocycles. The van der Waals surface area contributed by atoms with Crippen LogP contribution in [0.15, 0.2) is 28.8 Å². The summed E-state index contributed by atoms with van der Waals surface area (Å²) in [6.07, 6.45) is 3.59. The standard InChI is InChI=1S/C22H26N4O5/c1-25(13-18-23-20(24-31-18)14-7-9-15(30-2)10-8-14)19(27)11-12-26-21(28)16-5-3-4-6-17(16)22(26)29/h7-10,16-17H,3-6,11-13H2,1-2H3/t16-,17-/m1/s1. The average molecular weight is 426 g/mol. The van der Waals surface area contributed by atoms with Crippen LogP contribution >= 0.6 is 0 Å². The molecule has 0 unspecified atom stereocenters. The van der Waals surface area contributed by atoms with Gasteiger partial charge in [0, 0.05) is 25.6 Å². The summed E-state index contributed by atoms with van der Waals surface area (Å²) in [6.45, 7) is 0.268. The van der Waals surface area contributed by atoms with Crippen LogP contribution in [-0.2, 0) is 20.9 Å². The summed E-state index contributed by atoms with van der Waals surface area (Å²) in [4.78, 5) is 44.7. The molecule has 0 bridgehead atoms. The number of fused-ring (bicyclic) bond motifs is 1. The summed E-state index contributed by atoms with van der Waals surface area (Å²) < 4.78 is 10.4. The fraction of sp³-hybridized carbons (Fsp3) is 0.500. The second kappa shape index (κ2) is 8.87. The van der Waals surface area contributed by atoms with Gasteiger partial charge in [0.2, 0.25) is 29.4 Å². The number of carbonyl (C=O) groups is 3. The van der Waals surface area contributed by atoms with Gasteiger partial charge in [-0.3, -0.25) is 19.3 Å². The molecule has 0 radical (unpaired) electrons. The lowest BCUT2D eigenvalue weighted by Crippen LogP contribution is -2.36. The number of hydrogen-bond acceptors (Lipinski definition) is 7. The van der Waals surface area contributed by atoms with Gasteiger partial charge in [0.15, 0.2) is 0 Å². The van der Waals surface area contributed by atoms with E-state index in [4.69, 9.17) is 9.26 Å². The normalized spacial score (nSPS) is 20.6. The quantitative estimate of drug-likeness (QED) is 0.625. The van der Waals surface area contributed by atoms with E-state index >= 15 is 0 Å². The number of carbonyl (C=O) groups excluding carboxylic acids is 3. The highest BCUT2D eigenvalue weighted by Gasteiger charge is 2.47. The zero-order valence-electron chi connectivity index (χ0n) is 17.7. The molecule has 9 heteroatoms. The van der Waals surface area contributed by atoms with Crippen molar-refractivity contribution in [2.75, 3.05) is 20.7 Å². The van der Waals surface area contributed by atoms with Gasteiger partial charge in [-0.1, -0.05) is 18.0 Å². The predicted octanol–water partition coefficient (Wildman–Crippen LogP) is 2.27. The summed E-state index contributed by atoms with van der Waals surface area (Å²) in [5, 5.41) is 3.96. The summed E-state index contributed by atoms with van der Waals surface area (Å²) >= 11 is 0. The van der Waals surface area contributed by atoms with Gasteiger partial charge in [0.1, 0.15) is 5.75 Å². The molecule has 2 atom stereocenters. The number of ether oxygens (including phenoxy) is 1. The monoisotopic (exact) mass is 426 g/mol. The van der Waals surface area contributed by atoms with Crippen LogP contribution in [0.5, 0.6) is 5.75 Å². The number of imide groups is 1. The smallest absolute Gasteiger partial charge is 0.246 e. The molecule has 0 spiro atoms. The summed E-state index contributed by atoms with van der Waals surface area (Å²) in [6, 6.07) is 7.25. The summed E-state index contributed by atoms with van der Waals surface area (Å²) in [5.41, 5.74) is 0.775. The molecule has 164 valence electrons. The van der Waals surface area contributed by atoms with Crippen molar-refractivity contribution in [1.82, 2.24) is 19.9 Å². The van der Waals surface area contributed by atoms with Crippen LogP contribution < -0.4 is 4.74 Å². The first-order valence-corrected chi connectivity index (χ1v) is 10.5. The molecule has 2 aromatic rings. The molecule has 4 rings (SSSR count). The lowest BCUT2D eigenvalue weighted by molar-refractivity contribution is -0.140. The highest BCUT2D eigenvalue weighted by Crippen LogP contribution is 2.38. The minimum Gasteiger partial charge on any atom is -0.497 e. The van der Waals surface area contributed by atoms with Crippen molar-refractivity contribution in [2.24, 2.45) is 11.8 Å². The van der Waals surface area contributed by atoms with E-state index in [1.807, 2.05) is 12.1 Å². The number of benzene rings is 1. The van der Waals surface area contributed by atoms with Crippen LogP contribution in [0.3, 0.4) is 0 Å². The fourth-order valence-corrected chi connectivity index (χ4v) is 4.32. The Morgan fingerprint density at radius 2 is 1.81 bits per heavy atom. The SMILES string of the molecule is COc1ccc(-c2noc(CN(C)C(=O)CCN3C(=O)[C@@H]4CCCC[C@H]4C3=O)n2)cc1. The van der Waals surface area contributed by atoms with Crippen LogP contribution in [0.2, 0.25) is 0 Å². The minimum absolute atomic E-state index is 0.0763. The molecule has 2 aliphatic rings. The topological polar surface area (TPSA) is 106 Å². The van der Waals surface area contributed by atoms with Crippen molar-refractivity contribution in [3.05, 3.63) is 30.2 Å². The molecule has 1 saturated heterocycles. The van der Waals surface area contributed by atoms with E-state index in [0.29, 0.717) is 11.7 Å². The number of amides is 3. The third-order valence-corrected chi connectivity index (χ3v) is 6.10. The molecule has 0 N–H and O–H groups in total. The van der Waals surface area contributed by atoms with Crippen LogP contribution in [0.4, 0.5) is 0 Å². The van der Waals surface area contributed by atoms with Crippen molar-refractivity contribution < 1.29 is 23.6 Å². The number of likely N-dealkylation sites (tertiary alicyclic amines) is 1. The van der Waals surface area contributed by atoms with Crippen molar-refractivity contribution in [1.29, 1.82) is 0 Å². The second-order valence-corrected chi connectivity index (χ2v) is 8.07. The largest absolute Gasteiger partial charge is 0.497 e. The van der Waals surface area contributed by atoms with Gasteiger partial charge in [-0.2, -0.15) is 4.98 Å². The lowest BCUT2D eigenvalue weighted by Gasteiger charge is -2.19. The molecular weight excluding hydrogens is 400 g/mol. The maximum atomic E-state index is 12.6. The first-order chi connectivity index (χ1) is 15.0. The fourth-order valence-electron chi connectivity index (χ4n) is 4.32. The molecular formula is C22H26N4O5. The predicted molar refractivity (Wildman–Crippen MR) is 110 cm³/mol. The lowest BCUT2D eigenvalue weighted by atomic mass is 9.81. The molecule has 1 aliphatic heterocycles. The second-order valence-electron chi connectivity index (χ2n) is 8.07. The number of nitrogens with zero attached hydrogens (tertiary/aromatic N) is 4. The molecule has 1 aromatic heterocycles. The van der Waals surface area contributed by atoms with E-state index in [-0.39, 0.29) is 49.1 Å². The van der Waals surface area contributed by atoms with Crippen LogP contribution in [0.25, 0.3) is 11.4 Å². The van der Waals surface area contributed by atoms with E-state index in [1.54, 1.807) is 26.3 Å². The Hall–Kier alpha value is -3.23. The van der Waals surface area contributed by atoms with Crippen molar-refractivity contribution in [3.8, 4) is 17.1 Å². The summed E-state index contributed by atoms with van der Waals surface area (Å²) in [7, 11) is 3.23. The minimum atomic E-state index is -0.195. The Kier molecular flexibility index (Phi) is 6.01. The molecule has 9 nitrogen and oxygen atoms in total. The van der Waals surface area contributed by atoms with Crippen LogP contribution in [-0.4, -0.2) is 58.4 Å². The Morgan fingerprint density at radius 1 is 1.16 bits per heavy atom. The van der Waals surface area contributed by atoms with Gasteiger partial charge in [-0.05, 0) is 37.1 Å². The van der Waals surface area contributed by atoms with Gasteiger partial charge >= 0.3 is 0 Å². The van der Waals surface area contributed by atoms with Gasteiger partial charge < -0.3 is 14.2 Å². The zero-order chi connectivity index (χ0) is 22.0. The third kappa shape index (κ3) is 4.30. The maximum absolute atomic E-state index is 12.6. The molecule has 3 amide bonds. The van der Waals surface area contributed by atoms with Crippen LogP contribution in [0, 0.1) is 11.8 Å². The van der Waals surface area contributed by atoms with E-state index in [1.165, 1.54) is 9.80 Å². The molecule has 2 fully saturated rings. The van der Waals surface area contributed by atoms with E-state index < -0.39 is 0 Å². The van der Waals surface area contributed by atoms with E-state index in [9.17, 15) is 14.4 Å².